The van der Waals surface area contributed by atoms with Gasteiger partial charge >= 0.3 is 0 Å². The molecule has 0 spiro atoms. The van der Waals surface area contributed by atoms with E-state index in [9.17, 15) is 13.6 Å². The van der Waals surface area contributed by atoms with Crippen LogP contribution in [0, 0.1) is 18.6 Å². The number of carbonyl (C=O) groups is 1. The van der Waals surface area contributed by atoms with Crippen molar-refractivity contribution in [1.29, 1.82) is 0 Å². The van der Waals surface area contributed by atoms with E-state index in [1.54, 1.807) is 0 Å². The van der Waals surface area contributed by atoms with Crippen molar-refractivity contribution in [2.75, 3.05) is 11.9 Å². The van der Waals surface area contributed by atoms with E-state index in [1.165, 1.54) is 11.6 Å². The van der Waals surface area contributed by atoms with Crippen molar-refractivity contribution in [3.8, 4) is 0 Å². The fourth-order valence-corrected chi connectivity index (χ4v) is 2.64. The van der Waals surface area contributed by atoms with E-state index in [4.69, 9.17) is 0 Å². The Hall–Kier alpha value is -2.27. The zero-order valence-electron chi connectivity index (χ0n) is 13.6. The molecule has 1 N–H and O–H groups in total. The summed E-state index contributed by atoms with van der Waals surface area (Å²) in [6.45, 7) is 2.98. The van der Waals surface area contributed by atoms with E-state index in [0.29, 0.717) is 12.6 Å². The summed E-state index contributed by atoms with van der Waals surface area (Å²) in [6, 6.07) is 12.0. The highest BCUT2D eigenvalue weighted by molar-refractivity contribution is 5.92. The van der Waals surface area contributed by atoms with Crippen LogP contribution in [0.2, 0.25) is 0 Å². The van der Waals surface area contributed by atoms with Crippen molar-refractivity contribution in [3.05, 3.63) is 65.2 Å². The van der Waals surface area contributed by atoms with Crippen LogP contribution in [-0.4, -0.2) is 23.4 Å². The SMILES string of the molecule is Cc1ccc(CN(CC(=O)Nc2ccc(F)c(F)c2)C2CC2)cc1. The normalized spacial score (nSPS) is 14.0. The predicted octanol–water partition coefficient (Wildman–Crippen LogP) is 3.88. The Morgan fingerprint density at radius 1 is 1.12 bits per heavy atom. The molecule has 2 aromatic rings. The van der Waals surface area contributed by atoms with Crippen molar-refractivity contribution in [1.82, 2.24) is 4.90 Å². The monoisotopic (exact) mass is 330 g/mol. The highest BCUT2D eigenvalue weighted by Gasteiger charge is 2.30. The third-order valence-corrected chi connectivity index (χ3v) is 4.12. The highest BCUT2D eigenvalue weighted by Crippen LogP contribution is 2.28. The summed E-state index contributed by atoms with van der Waals surface area (Å²) in [7, 11) is 0. The number of aryl methyl sites for hydroxylation is 1. The molecule has 1 aliphatic carbocycles. The number of anilines is 1. The van der Waals surface area contributed by atoms with Crippen LogP contribution in [0.4, 0.5) is 14.5 Å². The Morgan fingerprint density at radius 3 is 2.46 bits per heavy atom. The van der Waals surface area contributed by atoms with Gasteiger partial charge in [0.2, 0.25) is 5.91 Å². The van der Waals surface area contributed by atoms with E-state index >= 15 is 0 Å². The molecule has 5 heteroatoms. The number of hydrogen-bond acceptors (Lipinski definition) is 2. The van der Waals surface area contributed by atoms with Crippen LogP contribution < -0.4 is 5.32 Å². The van der Waals surface area contributed by atoms with Crippen molar-refractivity contribution in [2.45, 2.75) is 32.4 Å². The standard InChI is InChI=1S/C19H20F2N2O/c1-13-2-4-14(5-3-13)11-23(16-7-8-16)12-19(24)22-15-6-9-17(20)18(21)10-15/h2-6,9-10,16H,7-8,11-12H2,1H3,(H,22,24). The molecule has 1 amide bonds. The zero-order valence-corrected chi connectivity index (χ0v) is 13.6. The molecule has 0 bridgehead atoms. The first-order valence-electron chi connectivity index (χ1n) is 8.06. The average Bonchev–Trinajstić information content (AvgIpc) is 3.37. The van der Waals surface area contributed by atoms with E-state index in [0.717, 1.165) is 30.5 Å². The lowest BCUT2D eigenvalue weighted by Gasteiger charge is -2.21. The smallest absolute Gasteiger partial charge is 0.238 e. The summed E-state index contributed by atoms with van der Waals surface area (Å²) in [5.74, 6) is -2.11. The maximum atomic E-state index is 13.2. The number of amides is 1. The van der Waals surface area contributed by atoms with Crippen molar-refractivity contribution < 1.29 is 13.6 Å². The number of nitrogens with one attached hydrogen (secondary N) is 1. The Bertz CT molecular complexity index is 727. The van der Waals surface area contributed by atoms with Crippen LogP contribution in [-0.2, 0) is 11.3 Å². The Kier molecular flexibility index (Phi) is 4.90. The van der Waals surface area contributed by atoms with Gasteiger partial charge in [0.15, 0.2) is 11.6 Å². The molecule has 0 heterocycles. The molecule has 0 atom stereocenters. The predicted molar refractivity (Wildman–Crippen MR) is 89.6 cm³/mol. The van der Waals surface area contributed by atoms with Crippen LogP contribution in [0.5, 0.6) is 0 Å². The van der Waals surface area contributed by atoms with Crippen molar-refractivity contribution in [2.24, 2.45) is 0 Å². The minimum Gasteiger partial charge on any atom is -0.325 e. The van der Waals surface area contributed by atoms with Gasteiger partial charge in [0.1, 0.15) is 0 Å². The van der Waals surface area contributed by atoms with Gasteiger partial charge in [-0.05, 0) is 37.5 Å². The van der Waals surface area contributed by atoms with Gasteiger partial charge in [0, 0.05) is 24.3 Å². The number of nitrogens with zero attached hydrogens (tertiary/aromatic N) is 1. The molecule has 1 aliphatic rings. The van der Waals surface area contributed by atoms with Crippen LogP contribution in [0.1, 0.15) is 24.0 Å². The summed E-state index contributed by atoms with van der Waals surface area (Å²) < 4.78 is 26.1. The van der Waals surface area contributed by atoms with E-state index in [1.807, 2.05) is 6.92 Å². The summed E-state index contributed by atoms with van der Waals surface area (Å²) in [4.78, 5) is 14.4. The topological polar surface area (TPSA) is 32.3 Å². The molecular weight excluding hydrogens is 310 g/mol. The van der Waals surface area contributed by atoms with Gasteiger partial charge in [-0.25, -0.2) is 8.78 Å². The molecule has 0 radical (unpaired) electrons. The van der Waals surface area contributed by atoms with Gasteiger partial charge < -0.3 is 5.32 Å². The molecular formula is C19H20F2N2O. The van der Waals surface area contributed by atoms with Crippen LogP contribution in [0.15, 0.2) is 42.5 Å². The van der Waals surface area contributed by atoms with Crippen molar-refractivity contribution in [3.63, 3.8) is 0 Å². The largest absolute Gasteiger partial charge is 0.325 e. The lowest BCUT2D eigenvalue weighted by Crippen LogP contribution is -2.34. The number of rotatable bonds is 6. The fourth-order valence-electron chi connectivity index (χ4n) is 2.64. The van der Waals surface area contributed by atoms with E-state index < -0.39 is 11.6 Å². The number of benzene rings is 2. The molecule has 0 saturated heterocycles. The third-order valence-electron chi connectivity index (χ3n) is 4.12. The van der Waals surface area contributed by atoms with E-state index in [2.05, 4.69) is 34.5 Å². The van der Waals surface area contributed by atoms with E-state index in [-0.39, 0.29) is 18.1 Å². The number of carbonyl (C=O) groups excluding carboxylic acids is 1. The number of hydrogen-bond donors (Lipinski definition) is 1. The summed E-state index contributed by atoms with van der Waals surface area (Å²) >= 11 is 0. The van der Waals surface area contributed by atoms with Gasteiger partial charge in [-0.3, -0.25) is 9.69 Å². The minimum atomic E-state index is -0.966. The average molecular weight is 330 g/mol. The van der Waals surface area contributed by atoms with Crippen LogP contribution in [0.3, 0.4) is 0 Å². The second-order valence-corrected chi connectivity index (χ2v) is 6.30. The summed E-state index contributed by atoms with van der Waals surface area (Å²) in [5.41, 5.74) is 2.63. The molecule has 2 aromatic carbocycles. The minimum absolute atomic E-state index is 0.222. The second-order valence-electron chi connectivity index (χ2n) is 6.30. The fraction of sp³-hybridized carbons (Fsp3) is 0.316. The first-order chi connectivity index (χ1) is 11.5. The molecule has 0 aliphatic heterocycles. The van der Waals surface area contributed by atoms with Gasteiger partial charge in [-0.15, -0.1) is 0 Å². The lowest BCUT2D eigenvalue weighted by molar-refractivity contribution is -0.117. The molecule has 0 aromatic heterocycles. The molecule has 0 unspecified atom stereocenters. The second kappa shape index (κ2) is 7.09. The molecule has 126 valence electrons. The first kappa shape index (κ1) is 16.6. The van der Waals surface area contributed by atoms with Crippen LogP contribution >= 0.6 is 0 Å². The quantitative estimate of drug-likeness (QED) is 0.872. The third kappa shape index (κ3) is 4.38. The summed E-state index contributed by atoms with van der Waals surface area (Å²) in [6.07, 6.45) is 2.18. The Morgan fingerprint density at radius 2 is 1.83 bits per heavy atom. The summed E-state index contributed by atoms with van der Waals surface area (Å²) in [5, 5.41) is 2.63. The first-order valence-corrected chi connectivity index (χ1v) is 8.06. The Labute approximate surface area is 140 Å². The van der Waals surface area contributed by atoms with Gasteiger partial charge in [0.25, 0.3) is 0 Å². The van der Waals surface area contributed by atoms with Gasteiger partial charge in [-0.2, -0.15) is 0 Å². The van der Waals surface area contributed by atoms with Gasteiger partial charge in [0.05, 0.1) is 6.54 Å². The molecule has 3 nitrogen and oxygen atoms in total. The zero-order chi connectivity index (χ0) is 17.1. The van der Waals surface area contributed by atoms with Crippen LogP contribution in [0.25, 0.3) is 0 Å². The molecule has 1 fully saturated rings. The highest BCUT2D eigenvalue weighted by atomic mass is 19.2. The Balaban J connectivity index is 1.61. The molecule has 24 heavy (non-hydrogen) atoms. The maximum absolute atomic E-state index is 13.2. The maximum Gasteiger partial charge on any atom is 0.238 e. The van der Waals surface area contributed by atoms with Gasteiger partial charge in [-0.1, -0.05) is 29.8 Å². The van der Waals surface area contributed by atoms with Crippen molar-refractivity contribution >= 4 is 11.6 Å². The lowest BCUT2D eigenvalue weighted by atomic mass is 10.1. The molecule has 1 saturated carbocycles. The number of halogens is 2. The molecule has 3 rings (SSSR count).